The summed E-state index contributed by atoms with van der Waals surface area (Å²) in [6.07, 6.45) is -3.94. The van der Waals surface area contributed by atoms with Gasteiger partial charge in [0.15, 0.2) is 0 Å². The summed E-state index contributed by atoms with van der Waals surface area (Å²) in [5, 5.41) is 3.42. The van der Waals surface area contributed by atoms with E-state index in [-0.39, 0.29) is 63.8 Å². The van der Waals surface area contributed by atoms with E-state index in [4.69, 9.17) is 0 Å². The first kappa shape index (κ1) is 24.7. The van der Waals surface area contributed by atoms with Gasteiger partial charge in [-0.25, -0.2) is 0 Å². The van der Waals surface area contributed by atoms with Gasteiger partial charge in [-0.05, 0) is 42.4 Å². The smallest absolute Gasteiger partial charge is 0.326 e. The molecule has 3 heterocycles. The molecule has 37 heavy (non-hydrogen) atoms. The number of alkyl halides is 3. The van der Waals surface area contributed by atoms with Crippen LogP contribution in [-0.4, -0.2) is 39.4 Å². The summed E-state index contributed by atoms with van der Waals surface area (Å²) < 4.78 is 38.8. The summed E-state index contributed by atoms with van der Waals surface area (Å²) in [6, 6.07) is 4.32. The molecule has 2 N–H and O–H groups in total. The minimum absolute atomic E-state index is 0.00246. The molecule has 1 aromatic carbocycles. The molecule has 3 fully saturated rings. The Morgan fingerprint density at radius 3 is 2.57 bits per heavy atom. The number of aromatic nitrogens is 1. The van der Waals surface area contributed by atoms with Crippen molar-refractivity contribution in [2.45, 2.75) is 48.6 Å². The number of anilines is 1. The van der Waals surface area contributed by atoms with Gasteiger partial charge in [0.1, 0.15) is 0 Å². The summed E-state index contributed by atoms with van der Waals surface area (Å²) in [4.78, 5) is 56.3. The Balaban J connectivity index is 1.16. The average molecular weight is 552 g/mol. The first-order valence-electron chi connectivity index (χ1n) is 12.1. The van der Waals surface area contributed by atoms with Gasteiger partial charge in [-0.2, -0.15) is 13.2 Å². The number of carbonyl (C=O) groups is 3. The number of amides is 3. The number of nitrogens with one attached hydrogen (secondary N) is 2. The van der Waals surface area contributed by atoms with Crippen molar-refractivity contribution in [3.63, 3.8) is 0 Å². The highest BCUT2D eigenvalue weighted by Gasteiger charge is 2.70. The van der Waals surface area contributed by atoms with Crippen LogP contribution in [-0.2, 0) is 26.0 Å². The van der Waals surface area contributed by atoms with Crippen LogP contribution in [0.15, 0.2) is 34.1 Å². The Kier molecular flexibility index (Phi) is 5.48. The average Bonchev–Trinajstić information content (AvgIpc) is 3.54. The highest BCUT2D eigenvalue weighted by molar-refractivity contribution is 8.00. The minimum Gasteiger partial charge on any atom is -0.326 e. The fourth-order valence-electron chi connectivity index (χ4n) is 7.15. The largest absolute Gasteiger partial charge is 0.416 e. The molecule has 12 heteroatoms. The fraction of sp³-hybridized carbons (Fsp3) is 0.520. The molecule has 2 aromatic rings. The number of benzene rings is 1. The molecular weight excluding hydrogens is 527 g/mol. The molecular formula is C25H24F3N3O4S2. The van der Waals surface area contributed by atoms with Crippen molar-refractivity contribution in [2.75, 3.05) is 11.9 Å². The van der Waals surface area contributed by atoms with Crippen LogP contribution in [0.5, 0.6) is 0 Å². The second-order valence-electron chi connectivity index (χ2n) is 10.8. The molecule has 2 aliphatic heterocycles. The van der Waals surface area contributed by atoms with E-state index < -0.39 is 29.5 Å². The van der Waals surface area contributed by atoms with Crippen molar-refractivity contribution in [1.29, 1.82) is 0 Å². The first-order chi connectivity index (χ1) is 17.4. The van der Waals surface area contributed by atoms with Gasteiger partial charge in [-0.3, -0.25) is 24.1 Å². The standard InChI is InChI=1S/C25H24F3N3O4S2/c1-24(2)17-12-9-13(18(17)36-20-19(24)37-23(35)30-20)16-15(12)21(33)31(22(16)34)7-6-14(32)29-11-5-3-4-10(8-11)25(26,27)28/h3-5,8,12-13,15-18H,6-7,9H2,1-2H3,(H,29,32)(H,30,35)/t12-,13-,15-,16-,17-,18-/m1/s1. The SMILES string of the molecule is CC1(C)c2sc(=O)[nH]c2S[C@@H]2[C@@H]3C[C@H]([C@H]4C(=O)N(CCC(=O)Nc5cccc(C(F)(F)F)c5)C(=O)[C@H]34)[C@H]21. The lowest BCUT2D eigenvalue weighted by molar-refractivity contribution is -0.141. The normalized spacial score (nSPS) is 31.3. The van der Waals surface area contributed by atoms with Crippen molar-refractivity contribution in [2.24, 2.45) is 29.6 Å². The van der Waals surface area contributed by atoms with Crippen molar-refractivity contribution in [3.8, 4) is 0 Å². The number of carbonyl (C=O) groups excluding carboxylic acids is 3. The molecule has 6 atom stereocenters. The molecule has 2 bridgehead atoms. The lowest BCUT2D eigenvalue weighted by atomic mass is 9.64. The number of rotatable bonds is 4. The zero-order chi connectivity index (χ0) is 26.4. The van der Waals surface area contributed by atoms with Crippen molar-refractivity contribution >= 4 is 46.5 Å². The maximum absolute atomic E-state index is 13.4. The Bertz CT molecular complexity index is 1380. The molecule has 0 unspecified atom stereocenters. The van der Waals surface area contributed by atoms with E-state index in [1.54, 1.807) is 11.8 Å². The van der Waals surface area contributed by atoms with Crippen LogP contribution in [0, 0.1) is 29.6 Å². The number of thioether (sulfide) groups is 1. The number of likely N-dealkylation sites (tertiary alicyclic amines) is 1. The summed E-state index contributed by atoms with van der Waals surface area (Å²) in [5.74, 6) is -1.77. The lowest BCUT2D eigenvalue weighted by Crippen LogP contribution is -2.48. The summed E-state index contributed by atoms with van der Waals surface area (Å²) in [5.41, 5.74) is -1.18. The van der Waals surface area contributed by atoms with Gasteiger partial charge >= 0.3 is 11.0 Å². The van der Waals surface area contributed by atoms with Gasteiger partial charge in [-0.1, -0.05) is 31.3 Å². The molecule has 4 aliphatic rings. The highest BCUT2D eigenvalue weighted by atomic mass is 32.2. The van der Waals surface area contributed by atoms with Gasteiger partial charge in [-0.15, -0.1) is 11.8 Å². The topological polar surface area (TPSA) is 99.3 Å². The summed E-state index contributed by atoms with van der Waals surface area (Å²) in [7, 11) is 0. The van der Waals surface area contributed by atoms with Crippen LogP contribution >= 0.6 is 23.1 Å². The number of hydrogen-bond acceptors (Lipinski definition) is 6. The van der Waals surface area contributed by atoms with Crippen LogP contribution in [0.4, 0.5) is 18.9 Å². The zero-order valence-corrected chi connectivity index (χ0v) is 21.6. The van der Waals surface area contributed by atoms with Gasteiger partial charge in [0, 0.05) is 34.2 Å². The number of aromatic amines is 1. The van der Waals surface area contributed by atoms with Crippen molar-refractivity contribution in [1.82, 2.24) is 9.88 Å². The molecule has 0 spiro atoms. The van der Waals surface area contributed by atoms with Gasteiger partial charge < -0.3 is 10.3 Å². The summed E-state index contributed by atoms with van der Waals surface area (Å²) >= 11 is 2.83. The second-order valence-corrected chi connectivity index (χ2v) is 13.0. The van der Waals surface area contributed by atoms with E-state index >= 15 is 0 Å². The minimum atomic E-state index is -4.53. The van der Waals surface area contributed by atoms with E-state index in [2.05, 4.69) is 24.1 Å². The maximum atomic E-state index is 13.4. The predicted octanol–water partition coefficient (Wildman–Crippen LogP) is 4.10. The molecule has 1 aromatic heterocycles. The quantitative estimate of drug-likeness (QED) is 0.558. The first-order valence-corrected chi connectivity index (χ1v) is 13.8. The molecule has 0 radical (unpaired) electrons. The maximum Gasteiger partial charge on any atom is 0.416 e. The molecule has 7 nitrogen and oxygen atoms in total. The van der Waals surface area contributed by atoms with Crippen LogP contribution in [0.25, 0.3) is 0 Å². The molecule has 196 valence electrons. The number of nitrogens with zero attached hydrogens (tertiary/aromatic N) is 1. The van der Waals surface area contributed by atoms with E-state index in [0.717, 1.165) is 28.5 Å². The van der Waals surface area contributed by atoms with E-state index in [1.165, 1.54) is 28.4 Å². The van der Waals surface area contributed by atoms with Crippen molar-refractivity contribution in [3.05, 3.63) is 44.4 Å². The van der Waals surface area contributed by atoms with Crippen molar-refractivity contribution < 1.29 is 27.6 Å². The van der Waals surface area contributed by atoms with Gasteiger partial charge in [0.25, 0.3) is 0 Å². The predicted molar refractivity (Wildman–Crippen MR) is 131 cm³/mol. The number of H-pyrrole nitrogens is 1. The number of halogens is 3. The Morgan fingerprint density at radius 1 is 1.16 bits per heavy atom. The third kappa shape index (κ3) is 3.70. The second kappa shape index (κ2) is 8.20. The highest BCUT2D eigenvalue weighted by Crippen LogP contribution is 2.68. The number of fused-ring (bicyclic) bond motifs is 9. The van der Waals surface area contributed by atoms with Crippen LogP contribution in [0.1, 0.15) is 37.1 Å². The van der Waals surface area contributed by atoms with Crippen LogP contribution in [0.2, 0.25) is 0 Å². The Morgan fingerprint density at radius 2 is 1.86 bits per heavy atom. The van der Waals surface area contributed by atoms with E-state index in [1.807, 2.05) is 0 Å². The number of imide groups is 1. The molecule has 2 aliphatic carbocycles. The fourth-order valence-corrected chi connectivity index (χ4v) is 10.3. The summed E-state index contributed by atoms with van der Waals surface area (Å²) in [6.45, 7) is 4.11. The lowest BCUT2D eigenvalue weighted by Gasteiger charge is -2.47. The van der Waals surface area contributed by atoms with Crippen LogP contribution in [0.3, 0.4) is 0 Å². The monoisotopic (exact) mass is 551 g/mol. The molecule has 1 saturated heterocycles. The molecule has 2 saturated carbocycles. The van der Waals surface area contributed by atoms with E-state index in [9.17, 15) is 32.3 Å². The van der Waals surface area contributed by atoms with Gasteiger partial charge in [0.05, 0.1) is 22.4 Å². The Hall–Kier alpha value is -2.60. The Labute approximate surface area is 218 Å². The third-order valence-electron chi connectivity index (χ3n) is 8.52. The number of thiazole rings is 1. The van der Waals surface area contributed by atoms with E-state index in [0.29, 0.717) is 0 Å². The third-order valence-corrected chi connectivity index (χ3v) is 11.3. The van der Waals surface area contributed by atoms with Gasteiger partial charge in [0.2, 0.25) is 17.7 Å². The molecule has 6 rings (SSSR count). The number of hydrogen-bond donors (Lipinski definition) is 2. The molecule has 3 amide bonds. The zero-order valence-electron chi connectivity index (χ0n) is 19.9. The van der Waals surface area contributed by atoms with Crippen LogP contribution < -0.4 is 10.2 Å².